The predicted octanol–water partition coefficient (Wildman–Crippen LogP) is 0.352. The van der Waals surface area contributed by atoms with Crippen molar-refractivity contribution in [3.63, 3.8) is 0 Å². The highest BCUT2D eigenvalue weighted by molar-refractivity contribution is 5.89. The zero-order valence-corrected chi connectivity index (χ0v) is 9.26. The molecule has 0 bridgehead atoms. The molecule has 0 saturated heterocycles. The maximum Gasteiger partial charge on any atom is 0.406 e. The summed E-state index contributed by atoms with van der Waals surface area (Å²) in [6.07, 6.45) is -2.36. The van der Waals surface area contributed by atoms with Crippen LogP contribution in [0.25, 0.3) is 0 Å². The number of urea groups is 1. The minimum absolute atomic E-state index is 0.0681. The molecule has 0 radical (unpaired) electrons. The molecule has 0 aliphatic carbocycles. The zero-order chi connectivity index (χ0) is 14.5. The van der Waals surface area contributed by atoms with E-state index in [9.17, 15) is 22.8 Å². The van der Waals surface area contributed by atoms with E-state index in [0.717, 1.165) is 6.20 Å². The standard InChI is InChI=1S/C8H8F3N5O3/c9-8(10,11)4-16(3-5(17)18)7(19)14-6-12-1-2-13-15-6/h1-2H,3-4H2,(H,17,18)(H,12,14,15,19). The second-order valence-electron chi connectivity index (χ2n) is 3.26. The topological polar surface area (TPSA) is 108 Å². The molecule has 11 heteroatoms. The fraction of sp³-hybridized carbons (Fsp3) is 0.375. The van der Waals surface area contributed by atoms with E-state index >= 15 is 0 Å². The molecule has 2 N–H and O–H groups in total. The Labute approximate surface area is 104 Å². The van der Waals surface area contributed by atoms with Gasteiger partial charge in [0.2, 0.25) is 0 Å². The zero-order valence-electron chi connectivity index (χ0n) is 9.26. The lowest BCUT2D eigenvalue weighted by Gasteiger charge is -2.21. The van der Waals surface area contributed by atoms with E-state index in [4.69, 9.17) is 5.11 Å². The molecule has 0 atom stereocenters. The highest BCUT2D eigenvalue weighted by Crippen LogP contribution is 2.16. The van der Waals surface area contributed by atoms with Gasteiger partial charge in [0, 0.05) is 0 Å². The van der Waals surface area contributed by atoms with Gasteiger partial charge in [-0.15, -0.1) is 5.10 Å². The Balaban J connectivity index is 2.74. The minimum Gasteiger partial charge on any atom is -0.480 e. The number of amides is 2. The Kier molecular flexibility index (Phi) is 4.56. The molecule has 0 fully saturated rings. The Morgan fingerprint density at radius 2 is 2.05 bits per heavy atom. The van der Waals surface area contributed by atoms with Crippen LogP contribution >= 0.6 is 0 Å². The normalized spacial score (nSPS) is 10.9. The van der Waals surface area contributed by atoms with Crippen molar-refractivity contribution in [3.05, 3.63) is 12.4 Å². The van der Waals surface area contributed by atoms with E-state index in [1.807, 2.05) is 5.32 Å². The van der Waals surface area contributed by atoms with Crippen LogP contribution in [0.4, 0.5) is 23.9 Å². The van der Waals surface area contributed by atoms with Gasteiger partial charge in [-0.3, -0.25) is 10.1 Å². The van der Waals surface area contributed by atoms with Crippen molar-refractivity contribution in [3.8, 4) is 0 Å². The van der Waals surface area contributed by atoms with Gasteiger partial charge in [-0.05, 0) is 0 Å². The Morgan fingerprint density at radius 3 is 2.53 bits per heavy atom. The maximum atomic E-state index is 12.2. The van der Waals surface area contributed by atoms with Gasteiger partial charge in [0.25, 0.3) is 5.95 Å². The summed E-state index contributed by atoms with van der Waals surface area (Å²) < 4.78 is 36.6. The summed E-state index contributed by atoms with van der Waals surface area (Å²) in [7, 11) is 0. The number of nitrogens with zero attached hydrogens (tertiary/aromatic N) is 4. The molecule has 1 aromatic rings. The number of carboxylic acid groups (broad SMARTS) is 1. The summed E-state index contributed by atoms with van der Waals surface area (Å²) in [5.41, 5.74) is 0. The number of nitrogens with one attached hydrogen (secondary N) is 1. The molecule has 0 spiro atoms. The first-order valence-corrected chi connectivity index (χ1v) is 4.76. The van der Waals surface area contributed by atoms with Crippen LogP contribution < -0.4 is 5.32 Å². The van der Waals surface area contributed by atoms with Crippen molar-refractivity contribution in [2.24, 2.45) is 0 Å². The molecule has 0 saturated carbocycles. The Bertz CT molecular complexity index is 453. The third kappa shape index (κ3) is 5.61. The van der Waals surface area contributed by atoms with Gasteiger partial charge in [-0.2, -0.15) is 18.3 Å². The molecule has 19 heavy (non-hydrogen) atoms. The summed E-state index contributed by atoms with van der Waals surface area (Å²) in [4.78, 5) is 25.5. The molecule has 2 amide bonds. The fourth-order valence-electron chi connectivity index (χ4n) is 1.06. The van der Waals surface area contributed by atoms with Crippen molar-refractivity contribution in [2.75, 3.05) is 18.4 Å². The van der Waals surface area contributed by atoms with Crippen LogP contribution in [0.3, 0.4) is 0 Å². The smallest absolute Gasteiger partial charge is 0.406 e. The van der Waals surface area contributed by atoms with Crippen molar-refractivity contribution in [2.45, 2.75) is 6.18 Å². The number of hydrogen-bond acceptors (Lipinski definition) is 5. The minimum atomic E-state index is -4.72. The molecule has 0 aliphatic heterocycles. The summed E-state index contributed by atoms with van der Waals surface area (Å²) in [5, 5.41) is 17.0. The van der Waals surface area contributed by atoms with E-state index in [1.54, 1.807) is 0 Å². The molecule has 104 valence electrons. The summed E-state index contributed by atoms with van der Waals surface area (Å²) in [5.74, 6) is -1.91. The number of aromatic nitrogens is 3. The van der Waals surface area contributed by atoms with Gasteiger partial charge in [0.1, 0.15) is 13.1 Å². The maximum absolute atomic E-state index is 12.2. The second kappa shape index (κ2) is 5.93. The summed E-state index contributed by atoms with van der Waals surface area (Å²) in [6.45, 7) is -2.81. The van der Waals surface area contributed by atoms with E-state index in [0.29, 0.717) is 0 Å². The SMILES string of the molecule is O=C(O)CN(CC(F)(F)F)C(=O)Nc1nccnn1. The monoisotopic (exact) mass is 279 g/mol. The van der Waals surface area contributed by atoms with E-state index in [2.05, 4.69) is 15.2 Å². The number of rotatable bonds is 4. The molecule has 0 unspecified atom stereocenters. The quantitative estimate of drug-likeness (QED) is 0.823. The molecule has 1 aromatic heterocycles. The van der Waals surface area contributed by atoms with Gasteiger partial charge in [0.05, 0.1) is 12.4 Å². The summed E-state index contributed by atoms with van der Waals surface area (Å²) in [6, 6.07) is -1.28. The van der Waals surface area contributed by atoms with Gasteiger partial charge in [-0.1, -0.05) is 0 Å². The summed E-state index contributed by atoms with van der Waals surface area (Å²) >= 11 is 0. The van der Waals surface area contributed by atoms with Crippen LogP contribution in [0.5, 0.6) is 0 Å². The van der Waals surface area contributed by atoms with Crippen molar-refractivity contribution in [1.82, 2.24) is 20.1 Å². The van der Waals surface area contributed by atoms with Crippen LogP contribution in [-0.2, 0) is 4.79 Å². The highest BCUT2D eigenvalue weighted by atomic mass is 19.4. The number of carbonyl (C=O) groups is 2. The number of halogens is 3. The van der Waals surface area contributed by atoms with Gasteiger partial charge >= 0.3 is 18.2 Å². The van der Waals surface area contributed by atoms with Crippen LogP contribution in [-0.4, -0.2) is 56.5 Å². The largest absolute Gasteiger partial charge is 0.480 e. The van der Waals surface area contributed by atoms with Crippen molar-refractivity contribution in [1.29, 1.82) is 0 Å². The first-order valence-electron chi connectivity index (χ1n) is 4.76. The van der Waals surface area contributed by atoms with Crippen molar-refractivity contribution >= 4 is 17.9 Å². The molecule has 1 rings (SSSR count). The number of alkyl halides is 3. The predicted molar refractivity (Wildman–Crippen MR) is 54.1 cm³/mol. The molecule has 0 aromatic carbocycles. The van der Waals surface area contributed by atoms with Crippen LogP contribution in [0.1, 0.15) is 0 Å². The lowest BCUT2D eigenvalue weighted by Crippen LogP contribution is -2.44. The fourth-order valence-corrected chi connectivity index (χ4v) is 1.06. The molecule has 0 aliphatic rings. The number of anilines is 1. The highest BCUT2D eigenvalue weighted by Gasteiger charge is 2.34. The average molecular weight is 279 g/mol. The second-order valence-corrected chi connectivity index (χ2v) is 3.26. The molecular formula is C8H8F3N5O3. The Morgan fingerprint density at radius 1 is 1.37 bits per heavy atom. The third-order valence-electron chi connectivity index (χ3n) is 1.68. The number of hydrogen-bond donors (Lipinski definition) is 2. The van der Waals surface area contributed by atoms with E-state index in [1.165, 1.54) is 6.20 Å². The lowest BCUT2D eigenvalue weighted by atomic mass is 10.5. The van der Waals surface area contributed by atoms with Crippen LogP contribution in [0, 0.1) is 0 Å². The van der Waals surface area contributed by atoms with Crippen LogP contribution in [0.2, 0.25) is 0 Å². The van der Waals surface area contributed by atoms with E-state index < -0.39 is 31.3 Å². The first-order chi connectivity index (χ1) is 8.78. The first kappa shape index (κ1) is 14.6. The van der Waals surface area contributed by atoms with Crippen molar-refractivity contribution < 1.29 is 27.9 Å². The van der Waals surface area contributed by atoms with Gasteiger partial charge in [-0.25, -0.2) is 9.78 Å². The van der Waals surface area contributed by atoms with Gasteiger partial charge in [0.15, 0.2) is 0 Å². The molecule has 8 nitrogen and oxygen atoms in total. The molecule has 1 heterocycles. The third-order valence-corrected chi connectivity index (χ3v) is 1.68. The molecular weight excluding hydrogens is 271 g/mol. The number of carbonyl (C=O) groups excluding carboxylic acids is 1. The Hall–Kier alpha value is -2.46. The van der Waals surface area contributed by atoms with E-state index in [-0.39, 0.29) is 10.8 Å². The van der Waals surface area contributed by atoms with Gasteiger partial charge < -0.3 is 10.0 Å². The lowest BCUT2D eigenvalue weighted by molar-refractivity contribution is -0.148. The number of carboxylic acids is 1. The van der Waals surface area contributed by atoms with Crippen LogP contribution in [0.15, 0.2) is 12.4 Å². The number of aliphatic carboxylic acids is 1. The average Bonchev–Trinajstić information content (AvgIpc) is 2.27.